The van der Waals surface area contributed by atoms with Gasteiger partial charge in [-0.1, -0.05) is 17.7 Å². The molecular formula is C16H21NO2S. The highest BCUT2D eigenvalue weighted by atomic mass is 32.1. The summed E-state index contributed by atoms with van der Waals surface area (Å²) in [5.74, 6) is 0.739. The van der Waals surface area contributed by atoms with E-state index in [1.807, 2.05) is 25.1 Å². The standard InChI is InChI=1S/C16H21NO2S/c1-12-5-6-16(19-2)14(10-12)15(18)11-17-8-7-13-4-3-9-20-13/h3-6,9-10,15,17-18H,7-8,11H2,1-2H3. The molecule has 1 atom stereocenters. The smallest absolute Gasteiger partial charge is 0.124 e. The zero-order valence-electron chi connectivity index (χ0n) is 11.9. The summed E-state index contributed by atoms with van der Waals surface area (Å²) in [6.45, 7) is 3.41. The van der Waals surface area contributed by atoms with E-state index in [1.165, 1.54) is 4.88 Å². The summed E-state index contributed by atoms with van der Waals surface area (Å²) in [5, 5.41) is 15.7. The van der Waals surface area contributed by atoms with Crippen LogP contribution in [0.3, 0.4) is 0 Å². The number of hydrogen-bond donors (Lipinski definition) is 2. The average molecular weight is 291 g/mol. The van der Waals surface area contributed by atoms with E-state index in [9.17, 15) is 5.11 Å². The minimum absolute atomic E-state index is 0.533. The Kier molecular flexibility index (Phi) is 5.59. The first kappa shape index (κ1) is 15.0. The molecule has 0 aliphatic rings. The van der Waals surface area contributed by atoms with Crippen LogP contribution in [-0.2, 0) is 6.42 Å². The van der Waals surface area contributed by atoms with E-state index >= 15 is 0 Å². The number of rotatable bonds is 7. The summed E-state index contributed by atoms with van der Waals surface area (Å²) < 4.78 is 5.30. The van der Waals surface area contributed by atoms with Crippen molar-refractivity contribution in [2.75, 3.05) is 20.2 Å². The molecular weight excluding hydrogens is 270 g/mol. The SMILES string of the molecule is COc1ccc(C)cc1C(O)CNCCc1cccs1. The molecule has 0 spiro atoms. The van der Waals surface area contributed by atoms with Crippen molar-refractivity contribution in [2.24, 2.45) is 0 Å². The zero-order chi connectivity index (χ0) is 14.4. The molecule has 108 valence electrons. The lowest BCUT2D eigenvalue weighted by molar-refractivity contribution is 0.171. The van der Waals surface area contributed by atoms with Crippen molar-refractivity contribution < 1.29 is 9.84 Å². The maximum Gasteiger partial charge on any atom is 0.124 e. The number of methoxy groups -OCH3 is 1. The second kappa shape index (κ2) is 7.43. The van der Waals surface area contributed by atoms with Crippen LogP contribution in [0.5, 0.6) is 5.75 Å². The highest BCUT2D eigenvalue weighted by Crippen LogP contribution is 2.25. The van der Waals surface area contributed by atoms with E-state index < -0.39 is 6.10 Å². The van der Waals surface area contributed by atoms with E-state index in [0.717, 1.165) is 29.8 Å². The van der Waals surface area contributed by atoms with Crippen molar-refractivity contribution in [3.8, 4) is 5.75 Å². The van der Waals surface area contributed by atoms with E-state index in [0.29, 0.717) is 6.54 Å². The summed E-state index contributed by atoms with van der Waals surface area (Å²) in [5.41, 5.74) is 1.97. The molecule has 0 aliphatic heterocycles. The number of nitrogens with one attached hydrogen (secondary N) is 1. The Morgan fingerprint density at radius 1 is 1.35 bits per heavy atom. The minimum Gasteiger partial charge on any atom is -0.496 e. The lowest BCUT2D eigenvalue weighted by Gasteiger charge is -2.16. The molecule has 4 heteroatoms. The molecule has 0 bridgehead atoms. The molecule has 1 unspecified atom stereocenters. The quantitative estimate of drug-likeness (QED) is 0.771. The highest BCUT2D eigenvalue weighted by molar-refractivity contribution is 7.09. The Morgan fingerprint density at radius 2 is 2.20 bits per heavy atom. The highest BCUT2D eigenvalue weighted by Gasteiger charge is 2.13. The Bertz CT molecular complexity index is 525. The molecule has 1 aromatic heterocycles. The second-order valence-corrected chi connectivity index (χ2v) is 5.83. The maximum atomic E-state index is 10.3. The van der Waals surface area contributed by atoms with Crippen LogP contribution in [0.15, 0.2) is 35.7 Å². The van der Waals surface area contributed by atoms with Gasteiger partial charge in [-0.05, 0) is 36.9 Å². The normalized spacial score (nSPS) is 12.3. The number of aryl methyl sites for hydroxylation is 1. The van der Waals surface area contributed by atoms with Gasteiger partial charge >= 0.3 is 0 Å². The number of thiophene rings is 1. The summed E-state index contributed by atoms with van der Waals surface area (Å²) in [6, 6.07) is 10.1. The molecule has 0 amide bonds. The van der Waals surface area contributed by atoms with Gasteiger partial charge in [-0.15, -0.1) is 11.3 Å². The average Bonchev–Trinajstić information content (AvgIpc) is 2.96. The van der Waals surface area contributed by atoms with E-state index in [2.05, 4.69) is 22.8 Å². The molecule has 2 rings (SSSR count). The number of aliphatic hydroxyl groups excluding tert-OH is 1. The van der Waals surface area contributed by atoms with Gasteiger partial charge in [0.1, 0.15) is 5.75 Å². The molecule has 2 aromatic rings. The van der Waals surface area contributed by atoms with Crippen molar-refractivity contribution in [3.05, 3.63) is 51.7 Å². The van der Waals surface area contributed by atoms with Crippen LogP contribution in [0.2, 0.25) is 0 Å². The van der Waals surface area contributed by atoms with Gasteiger partial charge in [0.2, 0.25) is 0 Å². The van der Waals surface area contributed by atoms with Crippen molar-refractivity contribution in [2.45, 2.75) is 19.4 Å². The molecule has 0 fully saturated rings. The summed E-state index contributed by atoms with van der Waals surface area (Å²) in [4.78, 5) is 1.36. The zero-order valence-corrected chi connectivity index (χ0v) is 12.7. The van der Waals surface area contributed by atoms with Crippen LogP contribution in [0.1, 0.15) is 22.1 Å². The maximum absolute atomic E-state index is 10.3. The number of benzene rings is 1. The van der Waals surface area contributed by atoms with E-state index in [1.54, 1.807) is 18.4 Å². The molecule has 0 saturated heterocycles. The Balaban J connectivity index is 1.85. The Morgan fingerprint density at radius 3 is 2.90 bits per heavy atom. The molecule has 1 heterocycles. The molecule has 2 N–H and O–H groups in total. The van der Waals surface area contributed by atoms with Gasteiger partial charge in [0, 0.05) is 23.5 Å². The second-order valence-electron chi connectivity index (χ2n) is 4.79. The van der Waals surface area contributed by atoms with Crippen molar-refractivity contribution in [1.29, 1.82) is 0 Å². The van der Waals surface area contributed by atoms with Crippen LogP contribution >= 0.6 is 11.3 Å². The molecule has 1 aromatic carbocycles. The van der Waals surface area contributed by atoms with Crippen molar-refractivity contribution >= 4 is 11.3 Å². The topological polar surface area (TPSA) is 41.5 Å². The summed E-state index contributed by atoms with van der Waals surface area (Å²) >= 11 is 1.76. The minimum atomic E-state index is -0.548. The third-order valence-corrected chi connectivity index (χ3v) is 4.15. The predicted molar refractivity (Wildman–Crippen MR) is 83.6 cm³/mol. The van der Waals surface area contributed by atoms with E-state index in [4.69, 9.17) is 4.74 Å². The number of aliphatic hydroxyl groups is 1. The third kappa shape index (κ3) is 4.07. The van der Waals surface area contributed by atoms with Gasteiger partial charge < -0.3 is 15.2 Å². The van der Waals surface area contributed by atoms with Crippen molar-refractivity contribution in [1.82, 2.24) is 5.32 Å². The first-order valence-electron chi connectivity index (χ1n) is 6.76. The fourth-order valence-corrected chi connectivity index (χ4v) is 2.84. The summed E-state index contributed by atoms with van der Waals surface area (Å²) in [7, 11) is 1.63. The molecule has 0 aliphatic carbocycles. The van der Waals surface area contributed by atoms with Gasteiger partial charge in [0.25, 0.3) is 0 Å². The predicted octanol–water partition coefficient (Wildman–Crippen LogP) is 2.93. The fraction of sp³-hybridized carbons (Fsp3) is 0.375. The lowest BCUT2D eigenvalue weighted by atomic mass is 10.1. The van der Waals surface area contributed by atoms with Crippen molar-refractivity contribution in [3.63, 3.8) is 0 Å². The molecule has 0 radical (unpaired) electrons. The van der Waals surface area contributed by atoms with Crippen LogP contribution < -0.4 is 10.1 Å². The lowest BCUT2D eigenvalue weighted by Crippen LogP contribution is -2.23. The Hall–Kier alpha value is -1.36. The first-order valence-corrected chi connectivity index (χ1v) is 7.64. The molecule has 0 saturated carbocycles. The van der Waals surface area contributed by atoms with Crippen LogP contribution in [-0.4, -0.2) is 25.3 Å². The van der Waals surface area contributed by atoms with Gasteiger partial charge in [-0.2, -0.15) is 0 Å². The molecule has 3 nitrogen and oxygen atoms in total. The summed E-state index contributed by atoms with van der Waals surface area (Å²) in [6.07, 6.45) is 0.447. The number of hydrogen-bond acceptors (Lipinski definition) is 4. The largest absolute Gasteiger partial charge is 0.496 e. The first-order chi connectivity index (χ1) is 9.70. The van der Waals surface area contributed by atoms with Gasteiger partial charge in [0.15, 0.2) is 0 Å². The van der Waals surface area contributed by atoms with Crippen LogP contribution in [0.25, 0.3) is 0 Å². The van der Waals surface area contributed by atoms with Crippen LogP contribution in [0.4, 0.5) is 0 Å². The third-order valence-electron chi connectivity index (χ3n) is 3.21. The van der Waals surface area contributed by atoms with Crippen LogP contribution in [0, 0.1) is 6.92 Å². The van der Waals surface area contributed by atoms with Gasteiger partial charge in [0.05, 0.1) is 13.2 Å². The Labute approximate surface area is 124 Å². The number of ether oxygens (including phenoxy) is 1. The van der Waals surface area contributed by atoms with Gasteiger partial charge in [-0.25, -0.2) is 0 Å². The van der Waals surface area contributed by atoms with Gasteiger partial charge in [-0.3, -0.25) is 0 Å². The van der Waals surface area contributed by atoms with E-state index in [-0.39, 0.29) is 0 Å². The monoisotopic (exact) mass is 291 g/mol. The molecule has 20 heavy (non-hydrogen) atoms. The fourth-order valence-electron chi connectivity index (χ4n) is 2.13.